The molecule has 1 aromatic heterocycles. The van der Waals surface area contributed by atoms with Gasteiger partial charge in [0.2, 0.25) is 5.16 Å². The Labute approximate surface area is 141 Å². The van der Waals surface area contributed by atoms with Gasteiger partial charge in [0.25, 0.3) is 0 Å². The summed E-state index contributed by atoms with van der Waals surface area (Å²) in [6.45, 7) is 7.25. The zero-order valence-electron chi connectivity index (χ0n) is 14.1. The molecule has 1 aromatic rings. The number of carbonyl (C=O) groups is 1. The van der Waals surface area contributed by atoms with Gasteiger partial charge in [-0.2, -0.15) is 0 Å². The molecular weight excluding hydrogens is 314 g/mol. The number of tetrazole rings is 1. The van der Waals surface area contributed by atoms with Crippen LogP contribution in [-0.4, -0.2) is 55.6 Å². The minimum Gasteiger partial charge on any atom is -0.444 e. The highest BCUT2D eigenvalue weighted by Gasteiger charge is 2.30. The Hall–Kier alpha value is -1.31. The number of hydrogen-bond donors (Lipinski definition) is 0. The van der Waals surface area contributed by atoms with E-state index in [1.54, 1.807) is 11.8 Å². The zero-order valence-corrected chi connectivity index (χ0v) is 14.9. The summed E-state index contributed by atoms with van der Waals surface area (Å²) in [5.41, 5.74) is -0.439. The Morgan fingerprint density at radius 1 is 1.35 bits per heavy atom. The summed E-state index contributed by atoms with van der Waals surface area (Å²) in [6, 6.07) is 0.497. The number of rotatable bonds is 4. The monoisotopic (exact) mass is 339 g/mol. The first-order valence-electron chi connectivity index (χ1n) is 8.31. The number of aromatic nitrogens is 4. The molecule has 0 N–H and O–H groups in total. The van der Waals surface area contributed by atoms with Gasteiger partial charge in [-0.25, -0.2) is 9.48 Å². The summed E-state index contributed by atoms with van der Waals surface area (Å²) in [4.78, 5) is 14.0. The molecule has 0 spiro atoms. The number of carbonyl (C=O) groups excluding carboxylic acids is 1. The van der Waals surface area contributed by atoms with E-state index in [1.165, 1.54) is 12.8 Å². The van der Waals surface area contributed by atoms with E-state index in [2.05, 4.69) is 15.5 Å². The zero-order chi connectivity index (χ0) is 16.4. The maximum atomic E-state index is 12.2. The highest BCUT2D eigenvalue weighted by atomic mass is 32.2. The van der Waals surface area contributed by atoms with Gasteiger partial charge in [-0.1, -0.05) is 11.8 Å². The largest absolute Gasteiger partial charge is 0.444 e. The van der Waals surface area contributed by atoms with Gasteiger partial charge in [0.05, 0.1) is 6.04 Å². The highest BCUT2D eigenvalue weighted by Crippen LogP contribution is 2.37. The van der Waals surface area contributed by atoms with Crippen LogP contribution in [0.5, 0.6) is 0 Å². The van der Waals surface area contributed by atoms with Crippen LogP contribution in [0.25, 0.3) is 0 Å². The first-order valence-corrected chi connectivity index (χ1v) is 9.29. The third-order valence-electron chi connectivity index (χ3n) is 3.97. The lowest BCUT2D eigenvalue weighted by molar-refractivity contribution is 0.0177. The van der Waals surface area contributed by atoms with Crippen molar-refractivity contribution in [2.24, 2.45) is 5.92 Å². The van der Waals surface area contributed by atoms with E-state index in [-0.39, 0.29) is 6.09 Å². The molecule has 23 heavy (non-hydrogen) atoms. The summed E-state index contributed by atoms with van der Waals surface area (Å²) in [5.74, 6) is 1.40. The van der Waals surface area contributed by atoms with E-state index in [0.717, 1.165) is 36.8 Å². The first kappa shape index (κ1) is 16.5. The molecule has 1 aliphatic heterocycles. The maximum absolute atomic E-state index is 12.2. The number of hydrogen-bond acceptors (Lipinski definition) is 6. The van der Waals surface area contributed by atoms with Crippen LogP contribution in [0.1, 0.15) is 52.5 Å². The Kier molecular flexibility index (Phi) is 4.79. The fraction of sp³-hybridized carbons (Fsp3) is 0.867. The van der Waals surface area contributed by atoms with Gasteiger partial charge in [0.15, 0.2) is 0 Å². The summed E-state index contributed by atoms with van der Waals surface area (Å²) in [5, 5.41) is 12.9. The Bertz CT molecular complexity index is 552. The predicted octanol–water partition coefficient (Wildman–Crippen LogP) is 2.75. The molecule has 2 aliphatic rings. The van der Waals surface area contributed by atoms with Crippen LogP contribution in [-0.2, 0) is 4.74 Å². The van der Waals surface area contributed by atoms with Crippen molar-refractivity contribution < 1.29 is 9.53 Å². The maximum Gasteiger partial charge on any atom is 0.410 e. The van der Waals surface area contributed by atoms with Crippen molar-refractivity contribution >= 4 is 17.9 Å². The molecule has 0 aromatic carbocycles. The Balaban J connectivity index is 1.50. The smallest absolute Gasteiger partial charge is 0.410 e. The van der Waals surface area contributed by atoms with Crippen LogP contribution in [0, 0.1) is 5.92 Å². The molecule has 128 valence electrons. The minimum absolute atomic E-state index is 0.199. The van der Waals surface area contributed by atoms with Gasteiger partial charge in [0, 0.05) is 18.8 Å². The van der Waals surface area contributed by atoms with Crippen LogP contribution < -0.4 is 0 Å². The molecular formula is C15H25N5O2S. The molecule has 8 heteroatoms. The van der Waals surface area contributed by atoms with E-state index in [1.807, 2.05) is 30.4 Å². The topological polar surface area (TPSA) is 73.1 Å². The van der Waals surface area contributed by atoms with Crippen molar-refractivity contribution in [2.45, 2.75) is 63.3 Å². The van der Waals surface area contributed by atoms with Crippen molar-refractivity contribution in [3.05, 3.63) is 0 Å². The van der Waals surface area contributed by atoms with E-state index in [9.17, 15) is 4.79 Å². The second-order valence-corrected chi connectivity index (χ2v) is 8.37. The summed E-state index contributed by atoms with van der Waals surface area (Å²) < 4.78 is 7.42. The lowest BCUT2D eigenvalue weighted by Crippen LogP contribution is -2.43. The Morgan fingerprint density at radius 2 is 2.13 bits per heavy atom. The molecule has 0 radical (unpaired) electrons. The van der Waals surface area contributed by atoms with Crippen molar-refractivity contribution in [2.75, 3.05) is 18.8 Å². The number of ether oxygens (including phenoxy) is 1. The average Bonchev–Trinajstić information content (AvgIpc) is 3.22. The summed E-state index contributed by atoms with van der Waals surface area (Å²) in [7, 11) is 0. The normalized spacial score (nSPS) is 22.2. The molecule has 3 rings (SSSR count). The third-order valence-corrected chi connectivity index (χ3v) is 5.14. The SMILES string of the molecule is CC(C)(C)OC(=O)N1CCC[C@H](CSc2nnnn2C2CC2)C1. The van der Waals surface area contributed by atoms with E-state index in [0.29, 0.717) is 12.0 Å². The van der Waals surface area contributed by atoms with E-state index < -0.39 is 5.60 Å². The molecule has 1 atom stereocenters. The van der Waals surface area contributed by atoms with Gasteiger partial charge in [-0.3, -0.25) is 0 Å². The summed E-state index contributed by atoms with van der Waals surface area (Å²) in [6.07, 6.45) is 4.31. The molecule has 1 saturated heterocycles. The quantitative estimate of drug-likeness (QED) is 0.785. The lowest BCUT2D eigenvalue weighted by atomic mass is 10.0. The van der Waals surface area contributed by atoms with E-state index >= 15 is 0 Å². The predicted molar refractivity (Wildman–Crippen MR) is 87.3 cm³/mol. The van der Waals surface area contributed by atoms with Crippen LogP contribution in [0.2, 0.25) is 0 Å². The van der Waals surface area contributed by atoms with Crippen molar-refractivity contribution in [1.82, 2.24) is 25.1 Å². The molecule has 1 amide bonds. The molecule has 1 aliphatic carbocycles. The third kappa shape index (κ3) is 4.59. The Morgan fingerprint density at radius 3 is 2.83 bits per heavy atom. The van der Waals surface area contributed by atoms with Crippen LogP contribution in [0.4, 0.5) is 4.79 Å². The molecule has 2 heterocycles. The van der Waals surface area contributed by atoms with Crippen LogP contribution >= 0.6 is 11.8 Å². The van der Waals surface area contributed by atoms with Gasteiger partial charge in [0.1, 0.15) is 5.60 Å². The minimum atomic E-state index is -0.439. The number of nitrogens with zero attached hydrogens (tertiary/aromatic N) is 5. The average molecular weight is 339 g/mol. The first-order chi connectivity index (χ1) is 10.9. The summed E-state index contributed by atoms with van der Waals surface area (Å²) >= 11 is 1.70. The molecule has 1 saturated carbocycles. The van der Waals surface area contributed by atoms with Gasteiger partial charge >= 0.3 is 6.09 Å². The molecule has 0 bridgehead atoms. The van der Waals surface area contributed by atoms with Gasteiger partial charge in [-0.05, 0) is 62.8 Å². The van der Waals surface area contributed by atoms with Crippen molar-refractivity contribution in [1.29, 1.82) is 0 Å². The molecule has 2 fully saturated rings. The van der Waals surface area contributed by atoms with Crippen molar-refractivity contribution in [3.8, 4) is 0 Å². The van der Waals surface area contributed by atoms with Gasteiger partial charge < -0.3 is 9.64 Å². The van der Waals surface area contributed by atoms with E-state index in [4.69, 9.17) is 4.74 Å². The second kappa shape index (κ2) is 6.67. The fourth-order valence-corrected chi connectivity index (χ4v) is 3.78. The molecule has 7 nitrogen and oxygen atoms in total. The highest BCUT2D eigenvalue weighted by molar-refractivity contribution is 7.99. The van der Waals surface area contributed by atoms with Crippen molar-refractivity contribution in [3.63, 3.8) is 0 Å². The molecule has 0 unspecified atom stereocenters. The van der Waals surface area contributed by atoms with Crippen LogP contribution in [0.15, 0.2) is 5.16 Å². The number of likely N-dealkylation sites (tertiary alicyclic amines) is 1. The van der Waals surface area contributed by atoms with Gasteiger partial charge in [-0.15, -0.1) is 5.10 Å². The number of thioether (sulfide) groups is 1. The number of amides is 1. The number of piperidine rings is 1. The second-order valence-electron chi connectivity index (χ2n) is 7.38. The fourth-order valence-electron chi connectivity index (χ4n) is 2.71. The lowest BCUT2D eigenvalue weighted by Gasteiger charge is -2.33. The standard InChI is InChI=1S/C15H25N5O2S/c1-15(2,3)22-14(21)19-8-4-5-11(9-19)10-23-13-16-17-18-20(13)12-6-7-12/h11-12H,4-10H2,1-3H3/t11-/m0/s1. The van der Waals surface area contributed by atoms with Crippen LogP contribution in [0.3, 0.4) is 0 Å².